The Morgan fingerprint density at radius 2 is 1.97 bits per heavy atom. The highest BCUT2D eigenvalue weighted by Crippen LogP contribution is 2.27. The first-order valence-electron chi connectivity index (χ1n) is 11.0. The van der Waals surface area contributed by atoms with Crippen LogP contribution in [0.2, 0.25) is 0 Å². The number of rotatable bonds is 8. The molecule has 170 valence electrons. The van der Waals surface area contributed by atoms with Crippen LogP contribution >= 0.6 is 0 Å². The van der Waals surface area contributed by atoms with Gasteiger partial charge in [0, 0.05) is 25.2 Å². The molecule has 8 heteroatoms. The topological polar surface area (TPSA) is 99.2 Å². The first kappa shape index (κ1) is 23.1. The number of ether oxygens (including phenoxy) is 1. The molecule has 0 bridgehead atoms. The van der Waals surface area contributed by atoms with Crippen molar-refractivity contribution in [1.29, 1.82) is 0 Å². The summed E-state index contributed by atoms with van der Waals surface area (Å²) in [5, 5.41) is 12.5. The largest absolute Gasteiger partial charge is 0.497 e. The third-order valence-corrected chi connectivity index (χ3v) is 6.07. The molecular formula is C23H33N3O5. The van der Waals surface area contributed by atoms with Gasteiger partial charge in [-0.3, -0.25) is 14.4 Å². The van der Waals surface area contributed by atoms with Crippen molar-refractivity contribution in [3.63, 3.8) is 0 Å². The fourth-order valence-corrected chi connectivity index (χ4v) is 4.39. The number of methoxy groups -OCH3 is 1. The van der Waals surface area contributed by atoms with Crippen LogP contribution in [0.15, 0.2) is 24.3 Å². The second kappa shape index (κ2) is 10.1. The molecule has 0 aromatic heterocycles. The molecule has 2 fully saturated rings. The predicted molar refractivity (Wildman–Crippen MR) is 117 cm³/mol. The van der Waals surface area contributed by atoms with Crippen molar-refractivity contribution in [3.8, 4) is 5.75 Å². The lowest BCUT2D eigenvalue weighted by atomic mass is 10.0. The normalized spacial score (nSPS) is 22.2. The number of nitrogens with zero attached hydrogens (tertiary/aromatic N) is 2. The fourth-order valence-electron chi connectivity index (χ4n) is 4.39. The highest BCUT2D eigenvalue weighted by Gasteiger charge is 2.38. The molecular weight excluding hydrogens is 398 g/mol. The van der Waals surface area contributed by atoms with E-state index in [0.29, 0.717) is 18.7 Å². The first-order chi connectivity index (χ1) is 14.8. The van der Waals surface area contributed by atoms with Crippen molar-refractivity contribution in [2.24, 2.45) is 11.8 Å². The average Bonchev–Trinajstić information content (AvgIpc) is 3.39. The zero-order valence-electron chi connectivity index (χ0n) is 18.5. The van der Waals surface area contributed by atoms with Gasteiger partial charge in [0.25, 0.3) is 0 Å². The van der Waals surface area contributed by atoms with Crippen LogP contribution in [0, 0.1) is 11.8 Å². The molecule has 31 heavy (non-hydrogen) atoms. The van der Waals surface area contributed by atoms with Gasteiger partial charge in [0.05, 0.1) is 25.7 Å². The van der Waals surface area contributed by atoms with Crippen molar-refractivity contribution in [2.45, 2.75) is 51.6 Å². The molecule has 0 saturated carbocycles. The maximum absolute atomic E-state index is 13.1. The minimum absolute atomic E-state index is 0.0674. The first-order valence-corrected chi connectivity index (χ1v) is 11.0. The number of aliphatic hydroxyl groups is 1. The lowest BCUT2D eigenvalue weighted by molar-refractivity contribution is -0.139. The van der Waals surface area contributed by atoms with Crippen molar-refractivity contribution < 1.29 is 24.2 Å². The standard InChI is InChI=1S/C23H33N3O5/c1-15(2)11-20(23(30)25-10-4-5-18(25)14-27)24-22(29)16-12-21(28)26(13-16)17-6-8-19(31-3)9-7-17/h6-9,15-16,18,20,27H,4-5,10-14H2,1-3H3,(H,24,29)/t16-,18-,20-/m0/s1. The third-order valence-electron chi connectivity index (χ3n) is 6.07. The molecule has 2 N–H and O–H groups in total. The van der Waals surface area contributed by atoms with Crippen LogP contribution in [-0.4, -0.2) is 66.6 Å². The predicted octanol–water partition coefficient (Wildman–Crippen LogP) is 1.56. The van der Waals surface area contributed by atoms with Crippen LogP contribution in [0.3, 0.4) is 0 Å². The van der Waals surface area contributed by atoms with Gasteiger partial charge in [-0.2, -0.15) is 0 Å². The Labute approximate surface area is 183 Å². The zero-order valence-corrected chi connectivity index (χ0v) is 18.5. The summed E-state index contributed by atoms with van der Waals surface area (Å²) in [6, 6.07) is 6.32. The van der Waals surface area contributed by atoms with E-state index in [-0.39, 0.29) is 49.3 Å². The number of benzene rings is 1. The van der Waals surface area contributed by atoms with Gasteiger partial charge in [0.2, 0.25) is 17.7 Å². The Balaban J connectivity index is 1.67. The Morgan fingerprint density at radius 3 is 2.58 bits per heavy atom. The Hall–Kier alpha value is -2.61. The summed E-state index contributed by atoms with van der Waals surface area (Å²) < 4.78 is 5.15. The van der Waals surface area contributed by atoms with Gasteiger partial charge in [-0.25, -0.2) is 0 Å². The second-order valence-electron chi connectivity index (χ2n) is 8.80. The molecule has 0 unspecified atom stereocenters. The second-order valence-corrected chi connectivity index (χ2v) is 8.80. The van der Waals surface area contributed by atoms with E-state index < -0.39 is 12.0 Å². The summed E-state index contributed by atoms with van der Waals surface area (Å²) in [4.78, 5) is 42.0. The zero-order chi connectivity index (χ0) is 22.5. The summed E-state index contributed by atoms with van der Waals surface area (Å²) in [6.45, 7) is 4.82. The van der Waals surface area contributed by atoms with Crippen LogP contribution in [0.5, 0.6) is 5.75 Å². The van der Waals surface area contributed by atoms with E-state index in [2.05, 4.69) is 5.32 Å². The average molecular weight is 432 g/mol. The highest BCUT2D eigenvalue weighted by atomic mass is 16.5. The van der Waals surface area contributed by atoms with Crippen molar-refractivity contribution in [3.05, 3.63) is 24.3 Å². The van der Waals surface area contributed by atoms with Gasteiger partial charge in [-0.05, 0) is 49.4 Å². The number of anilines is 1. The van der Waals surface area contributed by atoms with E-state index >= 15 is 0 Å². The van der Waals surface area contributed by atoms with Crippen LogP contribution in [-0.2, 0) is 14.4 Å². The van der Waals surface area contributed by atoms with Crippen molar-refractivity contribution in [1.82, 2.24) is 10.2 Å². The minimum atomic E-state index is -0.648. The summed E-state index contributed by atoms with van der Waals surface area (Å²) in [5.41, 5.74) is 0.721. The quantitative estimate of drug-likeness (QED) is 0.651. The van der Waals surface area contributed by atoms with Crippen LogP contribution in [0.25, 0.3) is 0 Å². The van der Waals surface area contributed by atoms with E-state index in [9.17, 15) is 19.5 Å². The highest BCUT2D eigenvalue weighted by molar-refractivity contribution is 6.01. The number of likely N-dealkylation sites (tertiary alicyclic amines) is 1. The Morgan fingerprint density at radius 1 is 1.26 bits per heavy atom. The molecule has 1 aromatic rings. The summed E-state index contributed by atoms with van der Waals surface area (Å²) >= 11 is 0. The fraction of sp³-hybridized carbons (Fsp3) is 0.609. The van der Waals surface area contributed by atoms with E-state index in [1.54, 1.807) is 41.2 Å². The van der Waals surface area contributed by atoms with Crippen LogP contribution in [0.1, 0.15) is 39.5 Å². The molecule has 0 spiro atoms. The lowest BCUT2D eigenvalue weighted by Crippen LogP contribution is -2.52. The van der Waals surface area contributed by atoms with Crippen LogP contribution in [0.4, 0.5) is 5.69 Å². The summed E-state index contributed by atoms with van der Waals surface area (Å²) in [5.74, 6) is -0.132. The van der Waals surface area contributed by atoms with E-state index in [1.165, 1.54) is 0 Å². The molecule has 8 nitrogen and oxygen atoms in total. The summed E-state index contributed by atoms with van der Waals surface area (Å²) in [6.07, 6.45) is 2.26. The SMILES string of the molecule is COc1ccc(N2C[C@@H](C(=O)N[C@@H](CC(C)C)C(=O)N3CCC[C@H]3CO)CC2=O)cc1. The molecule has 2 heterocycles. The van der Waals surface area contributed by atoms with Crippen LogP contribution < -0.4 is 15.0 Å². The Kier molecular flexibility index (Phi) is 7.54. The van der Waals surface area contributed by atoms with Gasteiger partial charge in [-0.1, -0.05) is 13.8 Å². The molecule has 2 aliphatic heterocycles. The van der Waals surface area contributed by atoms with E-state index in [4.69, 9.17) is 4.74 Å². The molecule has 2 aliphatic rings. The van der Waals surface area contributed by atoms with Crippen molar-refractivity contribution in [2.75, 3.05) is 31.7 Å². The maximum Gasteiger partial charge on any atom is 0.245 e. The molecule has 3 atom stereocenters. The molecule has 3 amide bonds. The lowest BCUT2D eigenvalue weighted by Gasteiger charge is -2.29. The number of carbonyl (C=O) groups excluding carboxylic acids is 3. The van der Waals surface area contributed by atoms with Gasteiger partial charge < -0.3 is 25.0 Å². The van der Waals surface area contributed by atoms with E-state index in [1.807, 2.05) is 13.8 Å². The van der Waals surface area contributed by atoms with E-state index in [0.717, 1.165) is 18.5 Å². The number of aliphatic hydroxyl groups excluding tert-OH is 1. The number of hydrogen-bond acceptors (Lipinski definition) is 5. The third kappa shape index (κ3) is 5.36. The minimum Gasteiger partial charge on any atom is -0.497 e. The maximum atomic E-state index is 13.1. The smallest absolute Gasteiger partial charge is 0.245 e. The van der Waals surface area contributed by atoms with Crippen molar-refractivity contribution >= 4 is 23.4 Å². The molecule has 0 radical (unpaired) electrons. The molecule has 3 rings (SSSR count). The van der Waals surface area contributed by atoms with Gasteiger partial charge in [-0.15, -0.1) is 0 Å². The number of carbonyl (C=O) groups is 3. The number of nitrogens with one attached hydrogen (secondary N) is 1. The number of hydrogen-bond donors (Lipinski definition) is 2. The monoisotopic (exact) mass is 431 g/mol. The molecule has 2 saturated heterocycles. The Bertz CT molecular complexity index is 795. The summed E-state index contributed by atoms with van der Waals surface area (Å²) in [7, 11) is 1.58. The van der Waals surface area contributed by atoms with Gasteiger partial charge in [0.1, 0.15) is 11.8 Å². The van der Waals surface area contributed by atoms with Gasteiger partial charge in [0.15, 0.2) is 0 Å². The van der Waals surface area contributed by atoms with Gasteiger partial charge >= 0.3 is 0 Å². The number of amides is 3. The molecule has 0 aliphatic carbocycles. The molecule has 1 aromatic carbocycles.